The number of hydrogen-bond donors (Lipinski definition) is 4. The molecule has 3 amide bonds. The Balaban J connectivity index is 1.25. The number of nitrogen functional groups attached to an aromatic ring is 1. The normalized spacial score (nSPS) is 19.3. The Morgan fingerprint density at radius 3 is 2.59 bits per heavy atom. The molecular weight excluding hydrogens is 552 g/mol. The monoisotopic (exact) mass is 581 g/mol. The van der Waals surface area contributed by atoms with Gasteiger partial charge >= 0.3 is 0 Å². The number of amides is 3. The van der Waals surface area contributed by atoms with Crippen LogP contribution < -0.4 is 16.4 Å². The number of nitrogens with two attached hydrogens (primary N) is 1. The van der Waals surface area contributed by atoms with Gasteiger partial charge in [0.05, 0.1) is 18.7 Å². The Labute approximate surface area is 239 Å². The molecule has 2 aliphatic rings. The molecule has 1 fully saturated rings. The number of rotatable bonds is 8. The highest BCUT2D eigenvalue weighted by atomic mass is 32.1. The Bertz CT molecular complexity index is 1540. The summed E-state index contributed by atoms with van der Waals surface area (Å²) in [7, 11) is 1.50. The van der Waals surface area contributed by atoms with Crippen LogP contribution in [0, 0.1) is 5.41 Å². The lowest BCUT2D eigenvalue weighted by atomic mass is 10.0. The van der Waals surface area contributed by atoms with E-state index in [4.69, 9.17) is 15.9 Å². The molecule has 0 radical (unpaired) electrons. The number of ether oxygens (including phenoxy) is 1. The first-order valence-corrected chi connectivity index (χ1v) is 13.8. The lowest BCUT2D eigenvalue weighted by Gasteiger charge is -2.25. The van der Waals surface area contributed by atoms with Crippen LogP contribution in [0.25, 0.3) is 11.1 Å². The fraction of sp³-hybridized carbons (Fsp3) is 0.310. The van der Waals surface area contributed by atoms with E-state index in [1.54, 1.807) is 36.6 Å². The van der Waals surface area contributed by atoms with Crippen LogP contribution in [0.5, 0.6) is 0 Å². The quantitative estimate of drug-likeness (QED) is 0.239. The van der Waals surface area contributed by atoms with Crippen molar-refractivity contribution in [2.45, 2.75) is 37.5 Å². The van der Waals surface area contributed by atoms with Gasteiger partial charge in [0.2, 0.25) is 11.8 Å². The third-order valence-corrected chi connectivity index (χ3v) is 8.63. The minimum absolute atomic E-state index is 0.0637. The maximum Gasteiger partial charge on any atom is 0.299 e. The number of alkyl halides is 2. The molecule has 3 atom stereocenters. The molecule has 0 saturated carbocycles. The van der Waals surface area contributed by atoms with E-state index < -0.39 is 23.8 Å². The third-order valence-electron chi connectivity index (χ3n) is 7.51. The van der Waals surface area contributed by atoms with Crippen LogP contribution in [0.2, 0.25) is 0 Å². The van der Waals surface area contributed by atoms with Gasteiger partial charge in [-0.1, -0.05) is 30.3 Å². The average molecular weight is 582 g/mol. The van der Waals surface area contributed by atoms with Gasteiger partial charge in [-0.2, -0.15) is 8.78 Å². The molecule has 2 aromatic carbocycles. The van der Waals surface area contributed by atoms with Gasteiger partial charge < -0.3 is 26.0 Å². The Morgan fingerprint density at radius 2 is 1.88 bits per heavy atom. The van der Waals surface area contributed by atoms with Crippen molar-refractivity contribution in [2.75, 3.05) is 20.2 Å². The van der Waals surface area contributed by atoms with E-state index >= 15 is 0 Å². The second kappa shape index (κ2) is 11.0. The molecule has 2 heterocycles. The molecule has 5 rings (SSSR count). The van der Waals surface area contributed by atoms with E-state index in [0.717, 1.165) is 4.88 Å². The topological polar surface area (TPSA) is 138 Å². The number of thiophene rings is 1. The second-order valence-electron chi connectivity index (χ2n) is 10.1. The summed E-state index contributed by atoms with van der Waals surface area (Å²) in [4.78, 5) is 41.5. The number of carbonyl (C=O) groups excluding carboxylic acids is 3. The molecule has 0 spiro atoms. The van der Waals surface area contributed by atoms with Crippen LogP contribution in [0.1, 0.15) is 51.3 Å². The summed E-state index contributed by atoms with van der Waals surface area (Å²) in [6, 6.07) is 10.7. The summed E-state index contributed by atoms with van der Waals surface area (Å²) in [5, 5.41) is 14.8. The molecule has 41 heavy (non-hydrogen) atoms. The molecule has 0 bridgehead atoms. The van der Waals surface area contributed by atoms with Gasteiger partial charge in [-0.15, -0.1) is 11.3 Å². The number of nitrogens with one attached hydrogen (secondary N) is 3. The number of likely N-dealkylation sites (tertiary alicyclic amines) is 1. The van der Waals surface area contributed by atoms with Crippen LogP contribution >= 0.6 is 11.3 Å². The van der Waals surface area contributed by atoms with E-state index in [9.17, 15) is 23.2 Å². The second-order valence-corrected chi connectivity index (χ2v) is 11.0. The highest BCUT2D eigenvalue weighted by molar-refractivity contribution is 7.10. The van der Waals surface area contributed by atoms with Crippen LogP contribution in [0.4, 0.5) is 8.78 Å². The first-order valence-electron chi connectivity index (χ1n) is 13.0. The average Bonchev–Trinajstić information content (AvgIpc) is 3.68. The number of fused-ring (bicyclic) bond motifs is 3. The number of halogens is 2. The molecule has 1 saturated heterocycles. The summed E-state index contributed by atoms with van der Waals surface area (Å²) in [5.41, 5.74) is 6.61. The first-order chi connectivity index (χ1) is 19.5. The number of methoxy groups -OCH3 is 1. The van der Waals surface area contributed by atoms with Gasteiger partial charge in [-0.05, 0) is 36.2 Å². The number of carbonyl (C=O) groups is 3. The minimum atomic E-state index is -3.16. The van der Waals surface area contributed by atoms with Crippen molar-refractivity contribution in [3.8, 4) is 11.1 Å². The van der Waals surface area contributed by atoms with Gasteiger partial charge in [-0.3, -0.25) is 19.8 Å². The zero-order valence-electron chi connectivity index (χ0n) is 22.4. The number of nitrogens with zero attached hydrogens (tertiary/aromatic N) is 1. The molecular formula is C29H29F2N5O4S. The van der Waals surface area contributed by atoms with E-state index in [2.05, 4.69) is 10.6 Å². The highest BCUT2D eigenvalue weighted by Gasteiger charge is 2.44. The minimum Gasteiger partial charge on any atom is -0.384 e. The maximum absolute atomic E-state index is 14.9. The number of hydrogen-bond acceptors (Lipinski definition) is 6. The fourth-order valence-corrected chi connectivity index (χ4v) is 6.19. The summed E-state index contributed by atoms with van der Waals surface area (Å²) >= 11 is 1.37. The number of amidine groups is 1. The van der Waals surface area contributed by atoms with E-state index in [1.807, 2.05) is 0 Å². The largest absolute Gasteiger partial charge is 0.384 e. The smallest absolute Gasteiger partial charge is 0.299 e. The van der Waals surface area contributed by atoms with Crippen molar-refractivity contribution >= 4 is 34.9 Å². The van der Waals surface area contributed by atoms with Crippen LogP contribution in [-0.2, 0) is 20.2 Å². The van der Waals surface area contributed by atoms with Crippen LogP contribution in [-0.4, -0.2) is 60.8 Å². The third kappa shape index (κ3) is 5.32. The van der Waals surface area contributed by atoms with Gasteiger partial charge in [0.15, 0.2) is 0 Å². The Kier molecular flexibility index (Phi) is 7.62. The van der Waals surface area contributed by atoms with Gasteiger partial charge in [0.1, 0.15) is 11.9 Å². The van der Waals surface area contributed by atoms with E-state index in [0.29, 0.717) is 11.1 Å². The van der Waals surface area contributed by atoms with Gasteiger partial charge in [0.25, 0.3) is 11.8 Å². The molecule has 9 nitrogen and oxygen atoms in total. The van der Waals surface area contributed by atoms with Gasteiger partial charge in [0, 0.05) is 52.6 Å². The molecule has 1 aromatic heterocycles. The standard InChI is InChI=1S/C29H29F2N5O4S/c1-15(24-10-17(14-41-24)26(32)33)35-28(39)23-11-18(40-2)13-36(23)25(37)12-34-27(38)16-7-8-22-20(9-16)19-5-3-4-6-21(19)29(22,30)31/h3-10,14-15,18,23H,11-13H2,1-2H3,(H3,32,33)(H,34,38)(H,35,39)/t15?,18-,23+/m1/s1. The predicted molar refractivity (Wildman–Crippen MR) is 150 cm³/mol. The van der Waals surface area contributed by atoms with Crippen molar-refractivity contribution in [3.63, 3.8) is 0 Å². The van der Waals surface area contributed by atoms with Crippen LogP contribution in [0.3, 0.4) is 0 Å². The SMILES string of the molecule is CO[C@@H]1C[C@@H](C(=O)NC(C)c2cc(C(=N)N)cs2)N(C(=O)CNC(=O)c2ccc3c(c2)-c2ccccc2C3(F)F)C1. The zero-order valence-corrected chi connectivity index (χ0v) is 23.2. The van der Waals surface area contributed by atoms with Crippen molar-refractivity contribution in [2.24, 2.45) is 5.73 Å². The molecule has 12 heteroatoms. The summed E-state index contributed by atoms with van der Waals surface area (Å²) < 4.78 is 35.1. The Morgan fingerprint density at radius 1 is 1.15 bits per heavy atom. The summed E-state index contributed by atoms with van der Waals surface area (Å²) in [5.74, 6) is -4.65. The zero-order chi connectivity index (χ0) is 29.5. The van der Waals surface area contributed by atoms with Gasteiger partial charge in [-0.25, -0.2) is 0 Å². The van der Waals surface area contributed by atoms with Crippen molar-refractivity contribution in [1.82, 2.24) is 15.5 Å². The molecule has 214 valence electrons. The number of benzene rings is 2. The molecule has 3 aromatic rings. The van der Waals surface area contributed by atoms with Crippen LogP contribution in [0.15, 0.2) is 53.9 Å². The summed E-state index contributed by atoms with van der Waals surface area (Å²) in [6.07, 6.45) is -0.0683. The lowest BCUT2D eigenvalue weighted by molar-refractivity contribution is -0.138. The maximum atomic E-state index is 14.9. The summed E-state index contributed by atoms with van der Waals surface area (Å²) in [6.45, 7) is 1.59. The fourth-order valence-electron chi connectivity index (χ4n) is 5.27. The Hall–Kier alpha value is -4.16. The van der Waals surface area contributed by atoms with E-state index in [-0.39, 0.29) is 65.7 Å². The molecule has 1 aliphatic heterocycles. The highest BCUT2D eigenvalue weighted by Crippen LogP contribution is 2.50. The lowest BCUT2D eigenvalue weighted by Crippen LogP contribution is -2.49. The molecule has 1 aliphatic carbocycles. The molecule has 1 unspecified atom stereocenters. The molecule has 5 N–H and O–H groups in total. The predicted octanol–water partition coefficient (Wildman–Crippen LogP) is 3.38. The van der Waals surface area contributed by atoms with Crippen molar-refractivity contribution < 1.29 is 27.9 Å². The van der Waals surface area contributed by atoms with Crippen molar-refractivity contribution in [3.05, 3.63) is 81.0 Å². The van der Waals surface area contributed by atoms with E-state index in [1.165, 1.54) is 47.6 Å². The first kappa shape index (κ1) is 28.4. The van der Waals surface area contributed by atoms with Crippen molar-refractivity contribution in [1.29, 1.82) is 5.41 Å².